The molecular formula is C10H13ClN4O2. The summed E-state index contributed by atoms with van der Waals surface area (Å²) >= 11 is 5.90. The second kappa shape index (κ2) is 6.05. The molecule has 0 spiro atoms. The molecule has 0 radical (unpaired) electrons. The van der Waals surface area contributed by atoms with Gasteiger partial charge in [-0.05, 0) is 13.0 Å². The molecule has 6 nitrogen and oxygen atoms in total. The number of primary amides is 1. The van der Waals surface area contributed by atoms with Crippen molar-refractivity contribution in [2.75, 3.05) is 13.1 Å². The Bertz CT molecular complexity index is 436. The van der Waals surface area contributed by atoms with E-state index in [0.29, 0.717) is 10.6 Å². The van der Waals surface area contributed by atoms with Crippen molar-refractivity contribution < 1.29 is 9.59 Å². The minimum atomic E-state index is -0.630. The van der Waals surface area contributed by atoms with E-state index in [2.05, 4.69) is 15.6 Å². The van der Waals surface area contributed by atoms with Crippen molar-refractivity contribution in [3.05, 3.63) is 28.5 Å². The highest BCUT2D eigenvalue weighted by atomic mass is 35.5. The first kappa shape index (κ1) is 13.2. The van der Waals surface area contributed by atoms with Crippen LogP contribution < -0.4 is 16.4 Å². The van der Waals surface area contributed by atoms with Gasteiger partial charge in [-0.3, -0.25) is 9.78 Å². The van der Waals surface area contributed by atoms with Gasteiger partial charge in [-0.15, -0.1) is 0 Å². The van der Waals surface area contributed by atoms with E-state index in [1.54, 1.807) is 13.0 Å². The number of nitrogens with zero attached hydrogens (tertiary/aromatic N) is 1. The number of halogens is 1. The first-order valence-corrected chi connectivity index (χ1v) is 5.32. The molecule has 1 rings (SSSR count). The Kier molecular flexibility index (Phi) is 4.71. The molecule has 0 atom stereocenters. The maximum atomic E-state index is 11.6. The summed E-state index contributed by atoms with van der Waals surface area (Å²) in [7, 11) is 0. The normalized spacial score (nSPS) is 9.76. The van der Waals surface area contributed by atoms with Gasteiger partial charge >= 0.3 is 6.03 Å². The van der Waals surface area contributed by atoms with E-state index < -0.39 is 6.03 Å². The third-order valence-electron chi connectivity index (χ3n) is 1.94. The number of carbonyl (C=O) groups excluding carboxylic acids is 2. The van der Waals surface area contributed by atoms with E-state index in [0.717, 1.165) is 5.69 Å². The Hall–Kier alpha value is -1.82. The van der Waals surface area contributed by atoms with Crippen molar-refractivity contribution in [2.45, 2.75) is 6.92 Å². The molecule has 0 fully saturated rings. The van der Waals surface area contributed by atoms with Crippen molar-refractivity contribution in [2.24, 2.45) is 5.73 Å². The summed E-state index contributed by atoms with van der Waals surface area (Å²) in [6, 6.07) is 0.979. The van der Waals surface area contributed by atoms with E-state index in [1.807, 2.05) is 0 Å². The van der Waals surface area contributed by atoms with Crippen LogP contribution in [0.4, 0.5) is 4.79 Å². The third kappa shape index (κ3) is 4.28. The van der Waals surface area contributed by atoms with Crippen LogP contribution in [0.15, 0.2) is 12.3 Å². The summed E-state index contributed by atoms with van der Waals surface area (Å²) < 4.78 is 0. The average molecular weight is 257 g/mol. The van der Waals surface area contributed by atoms with Crippen LogP contribution in [0.5, 0.6) is 0 Å². The molecule has 0 unspecified atom stereocenters. The standard InChI is InChI=1S/C10H13ClN4O2/c1-6-4-8(11)7(5-15-6)9(16)13-2-3-14-10(12)17/h4-5H,2-3H2,1H3,(H,13,16)(H3,12,14,17). The molecule has 0 bridgehead atoms. The zero-order valence-corrected chi connectivity index (χ0v) is 10.0. The molecular weight excluding hydrogens is 244 g/mol. The molecule has 7 heteroatoms. The molecule has 0 saturated heterocycles. The van der Waals surface area contributed by atoms with E-state index in [1.165, 1.54) is 6.20 Å². The number of rotatable bonds is 4. The fraction of sp³-hybridized carbons (Fsp3) is 0.300. The highest BCUT2D eigenvalue weighted by molar-refractivity contribution is 6.33. The monoisotopic (exact) mass is 256 g/mol. The molecule has 0 saturated carbocycles. The van der Waals surface area contributed by atoms with Gasteiger partial charge in [-0.1, -0.05) is 11.6 Å². The van der Waals surface area contributed by atoms with Gasteiger partial charge in [-0.2, -0.15) is 0 Å². The number of pyridine rings is 1. The highest BCUT2D eigenvalue weighted by Gasteiger charge is 2.10. The van der Waals surface area contributed by atoms with Crippen LogP contribution in [-0.4, -0.2) is 30.0 Å². The van der Waals surface area contributed by atoms with Gasteiger partial charge in [0.15, 0.2) is 0 Å². The van der Waals surface area contributed by atoms with Crippen molar-refractivity contribution in [1.82, 2.24) is 15.6 Å². The van der Waals surface area contributed by atoms with Gasteiger partial charge in [0, 0.05) is 25.0 Å². The first-order valence-electron chi connectivity index (χ1n) is 4.94. The van der Waals surface area contributed by atoms with E-state index in [9.17, 15) is 9.59 Å². The molecule has 0 aliphatic heterocycles. The number of nitrogens with one attached hydrogen (secondary N) is 2. The number of nitrogens with two attached hydrogens (primary N) is 1. The van der Waals surface area contributed by atoms with E-state index in [4.69, 9.17) is 17.3 Å². The number of amides is 3. The van der Waals surface area contributed by atoms with Crippen LogP contribution in [0.25, 0.3) is 0 Å². The summed E-state index contributed by atoms with van der Waals surface area (Å²) in [5.74, 6) is -0.339. The van der Waals surface area contributed by atoms with Crippen molar-refractivity contribution in [3.63, 3.8) is 0 Å². The Labute approximate surface area is 104 Å². The van der Waals surface area contributed by atoms with Crippen LogP contribution in [0.1, 0.15) is 16.1 Å². The Morgan fingerprint density at radius 3 is 2.65 bits per heavy atom. The Morgan fingerprint density at radius 1 is 1.41 bits per heavy atom. The van der Waals surface area contributed by atoms with Crippen LogP contribution in [-0.2, 0) is 0 Å². The Balaban J connectivity index is 2.50. The molecule has 1 aromatic heterocycles. The second-order valence-corrected chi connectivity index (χ2v) is 3.76. The number of hydrogen-bond donors (Lipinski definition) is 3. The van der Waals surface area contributed by atoms with Crippen molar-refractivity contribution >= 4 is 23.5 Å². The summed E-state index contributed by atoms with van der Waals surface area (Å²) in [4.78, 5) is 26.0. The largest absolute Gasteiger partial charge is 0.352 e. The second-order valence-electron chi connectivity index (χ2n) is 3.35. The molecule has 92 valence electrons. The minimum absolute atomic E-state index is 0.262. The van der Waals surface area contributed by atoms with Crippen LogP contribution in [0.3, 0.4) is 0 Å². The number of urea groups is 1. The Morgan fingerprint density at radius 2 is 2.06 bits per heavy atom. The number of aromatic nitrogens is 1. The number of carbonyl (C=O) groups is 2. The molecule has 1 aromatic rings. The SMILES string of the molecule is Cc1cc(Cl)c(C(=O)NCCNC(N)=O)cn1. The van der Waals surface area contributed by atoms with Crippen LogP contribution in [0.2, 0.25) is 5.02 Å². The molecule has 4 N–H and O–H groups in total. The zero-order chi connectivity index (χ0) is 12.8. The van der Waals surface area contributed by atoms with Gasteiger partial charge in [-0.25, -0.2) is 4.79 Å². The predicted molar refractivity (Wildman–Crippen MR) is 63.9 cm³/mol. The van der Waals surface area contributed by atoms with Crippen LogP contribution >= 0.6 is 11.6 Å². The lowest BCUT2D eigenvalue weighted by Gasteiger charge is -2.07. The van der Waals surface area contributed by atoms with Gasteiger partial charge in [0.1, 0.15) is 0 Å². The van der Waals surface area contributed by atoms with Gasteiger partial charge in [0.2, 0.25) is 0 Å². The predicted octanol–water partition coefficient (Wildman–Crippen LogP) is 0.442. The quantitative estimate of drug-likeness (QED) is 0.682. The lowest BCUT2D eigenvalue weighted by Crippen LogP contribution is -2.37. The molecule has 3 amide bonds. The van der Waals surface area contributed by atoms with Crippen molar-refractivity contribution in [3.8, 4) is 0 Å². The maximum absolute atomic E-state index is 11.6. The molecule has 17 heavy (non-hydrogen) atoms. The third-order valence-corrected chi connectivity index (χ3v) is 2.26. The maximum Gasteiger partial charge on any atom is 0.312 e. The molecule has 0 aromatic carbocycles. The van der Waals surface area contributed by atoms with Crippen LogP contribution in [0, 0.1) is 6.92 Å². The smallest absolute Gasteiger partial charge is 0.312 e. The molecule has 0 aliphatic rings. The number of hydrogen-bond acceptors (Lipinski definition) is 3. The van der Waals surface area contributed by atoms with Gasteiger partial charge < -0.3 is 16.4 Å². The average Bonchev–Trinajstić information content (AvgIpc) is 2.23. The topological polar surface area (TPSA) is 97.1 Å². The highest BCUT2D eigenvalue weighted by Crippen LogP contribution is 2.15. The van der Waals surface area contributed by atoms with E-state index >= 15 is 0 Å². The fourth-order valence-electron chi connectivity index (χ4n) is 1.15. The summed E-state index contributed by atoms with van der Waals surface area (Å²) in [5.41, 5.74) is 5.91. The lowest BCUT2D eigenvalue weighted by molar-refractivity contribution is 0.0953. The molecule has 0 aliphatic carbocycles. The van der Waals surface area contributed by atoms with Gasteiger partial charge in [0.05, 0.1) is 10.6 Å². The number of aryl methyl sites for hydroxylation is 1. The van der Waals surface area contributed by atoms with Gasteiger partial charge in [0.25, 0.3) is 5.91 Å². The minimum Gasteiger partial charge on any atom is -0.352 e. The summed E-state index contributed by atoms with van der Waals surface area (Å²) in [5, 5.41) is 5.28. The fourth-order valence-corrected chi connectivity index (χ4v) is 1.44. The molecule has 1 heterocycles. The zero-order valence-electron chi connectivity index (χ0n) is 9.29. The summed E-state index contributed by atoms with van der Waals surface area (Å²) in [6.45, 7) is 2.31. The lowest BCUT2D eigenvalue weighted by atomic mass is 10.2. The van der Waals surface area contributed by atoms with Crippen molar-refractivity contribution in [1.29, 1.82) is 0 Å². The first-order chi connectivity index (χ1) is 8.00. The summed E-state index contributed by atoms with van der Waals surface area (Å²) in [6.07, 6.45) is 1.41. The van der Waals surface area contributed by atoms with E-state index in [-0.39, 0.29) is 19.0 Å².